The Bertz CT molecular complexity index is 437. The zero-order valence-electron chi connectivity index (χ0n) is 10.4. The lowest BCUT2D eigenvalue weighted by Crippen LogP contribution is -2.20. The summed E-state index contributed by atoms with van der Waals surface area (Å²) in [7, 11) is 0. The monoisotopic (exact) mass is 238 g/mol. The highest BCUT2D eigenvalue weighted by molar-refractivity contribution is 5.60. The first-order valence-corrected chi connectivity index (χ1v) is 6.03. The molecule has 1 aromatic heterocycles. The normalized spacial score (nSPS) is 16.9. The highest BCUT2D eigenvalue weighted by Crippen LogP contribution is 2.36. The summed E-state index contributed by atoms with van der Waals surface area (Å²) in [6.45, 7) is 6.32. The van der Waals surface area contributed by atoms with Crippen LogP contribution in [0.15, 0.2) is 0 Å². The van der Waals surface area contributed by atoms with Crippen LogP contribution in [-0.2, 0) is 6.54 Å². The van der Waals surface area contributed by atoms with Crippen molar-refractivity contribution >= 4 is 11.5 Å². The van der Waals surface area contributed by atoms with Crippen molar-refractivity contribution in [2.75, 3.05) is 5.32 Å². The fraction of sp³-hybridized carbons (Fsp3) is 0.727. The Labute approximate surface area is 100 Å². The Morgan fingerprint density at radius 3 is 2.76 bits per heavy atom. The van der Waals surface area contributed by atoms with Crippen LogP contribution < -0.4 is 5.32 Å². The Hall–Kier alpha value is -1.59. The van der Waals surface area contributed by atoms with E-state index in [0.29, 0.717) is 24.0 Å². The molecule has 0 saturated heterocycles. The molecule has 1 fully saturated rings. The minimum absolute atomic E-state index is 0.111. The number of nitro groups is 1. The summed E-state index contributed by atoms with van der Waals surface area (Å²) in [5.41, 5.74) is 0.585. The van der Waals surface area contributed by atoms with E-state index in [0.717, 1.165) is 0 Å². The van der Waals surface area contributed by atoms with Crippen LogP contribution in [0.5, 0.6) is 0 Å². The second-order valence-corrected chi connectivity index (χ2v) is 4.63. The number of hydrogen-bond acceptors (Lipinski definition) is 4. The van der Waals surface area contributed by atoms with E-state index in [2.05, 4.69) is 17.3 Å². The molecule has 1 atom stereocenters. The van der Waals surface area contributed by atoms with E-state index in [1.54, 1.807) is 11.6 Å². The largest absolute Gasteiger partial charge is 0.362 e. The molecule has 1 unspecified atom stereocenters. The first kappa shape index (κ1) is 11.9. The van der Waals surface area contributed by atoms with Crippen molar-refractivity contribution in [2.45, 2.75) is 46.2 Å². The van der Waals surface area contributed by atoms with Crippen molar-refractivity contribution in [3.8, 4) is 0 Å². The lowest BCUT2D eigenvalue weighted by atomic mass is 10.2. The quantitative estimate of drug-likeness (QED) is 0.631. The summed E-state index contributed by atoms with van der Waals surface area (Å²) in [6.07, 6.45) is 2.42. The zero-order valence-corrected chi connectivity index (χ0v) is 10.4. The smallest absolute Gasteiger partial charge is 0.333 e. The molecule has 0 bridgehead atoms. The van der Waals surface area contributed by atoms with Gasteiger partial charge in [0.05, 0.1) is 4.92 Å². The number of nitrogens with one attached hydrogen (secondary N) is 1. The van der Waals surface area contributed by atoms with E-state index < -0.39 is 0 Å². The van der Waals surface area contributed by atoms with Crippen molar-refractivity contribution < 1.29 is 4.92 Å². The van der Waals surface area contributed by atoms with E-state index in [1.165, 1.54) is 12.8 Å². The predicted octanol–water partition coefficient (Wildman–Crippen LogP) is 2.33. The minimum atomic E-state index is -0.351. The van der Waals surface area contributed by atoms with Gasteiger partial charge < -0.3 is 5.32 Å². The highest BCUT2D eigenvalue weighted by Gasteiger charge is 2.32. The van der Waals surface area contributed by atoms with Gasteiger partial charge in [0.25, 0.3) is 0 Å². The fourth-order valence-corrected chi connectivity index (χ4v) is 2.09. The van der Waals surface area contributed by atoms with Gasteiger partial charge in [0.1, 0.15) is 5.69 Å². The third-order valence-electron chi connectivity index (χ3n) is 3.27. The number of aryl methyl sites for hydroxylation is 2. The van der Waals surface area contributed by atoms with Gasteiger partial charge in [-0.3, -0.25) is 10.1 Å². The van der Waals surface area contributed by atoms with Crippen molar-refractivity contribution in [1.29, 1.82) is 0 Å². The summed E-state index contributed by atoms with van der Waals surface area (Å²) in [5, 5.41) is 18.5. The third kappa shape index (κ3) is 2.25. The maximum Gasteiger partial charge on any atom is 0.333 e. The van der Waals surface area contributed by atoms with Crippen LogP contribution in [0.3, 0.4) is 0 Å². The number of anilines is 1. The molecule has 17 heavy (non-hydrogen) atoms. The average molecular weight is 238 g/mol. The van der Waals surface area contributed by atoms with Crippen LogP contribution in [0.1, 0.15) is 32.4 Å². The van der Waals surface area contributed by atoms with Gasteiger partial charge in [0.15, 0.2) is 0 Å². The predicted molar refractivity (Wildman–Crippen MR) is 65.1 cm³/mol. The summed E-state index contributed by atoms with van der Waals surface area (Å²) >= 11 is 0. The van der Waals surface area contributed by atoms with Crippen molar-refractivity contribution in [3.63, 3.8) is 0 Å². The molecule has 1 aromatic rings. The molecule has 2 rings (SSSR count). The van der Waals surface area contributed by atoms with Crippen molar-refractivity contribution in [3.05, 3.63) is 15.8 Å². The number of hydrogen-bond donors (Lipinski definition) is 1. The standard InChI is InChI=1S/C11H18N4O2/c1-4-14-11(12-7(2)9-5-6-9)10(15(16)17)8(3)13-14/h7,9,12H,4-6H2,1-3H3. The first-order valence-electron chi connectivity index (χ1n) is 6.03. The molecule has 0 spiro atoms. The molecular weight excluding hydrogens is 220 g/mol. The molecule has 1 saturated carbocycles. The SMILES string of the molecule is CCn1nc(C)c([N+](=O)[O-])c1NC(C)C1CC1. The molecule has 0 aromatic carbocycles. The number of rotatable bonds is 5. The third-order valence-corrected chi connectivity index (χ3v) is 3.27. The van der Waals surface area contributed by atoms with Gasteiger partial charge >= 0.3 is 5.69 Å². The summed E-state index contributed by atoms with van der Waals surface area (Å²) in [5.74, 6) is 1.20. The molecule has 6 nitrogen and oxygen atoms in total. The summed E-state index contributed by atoms with van der Waals surface area (Å²) in [6, 6.07) is 0.273. The van der Waals surface area contributed by atoms with E-state index in [1.807, 2.05) is 6.92 Å². The number of aromatic nitrogens is 2. The van der Waals surface area contributed by atoms with E-state index in [4.69, 9.17) is 0 Å². The van der Waals surface area contributed by atoms with Gasteiger partial charge in [-0.15, -0.1) is 0 Å². The first-order chi connectivity index (χ1) is 8.04. The Kier molecular flexibility index (Phi) is 3.04. The van der Waals surface area contributed by atoms with Gasteiger partial charge in [-0.05, 0) is 39.5 Å². The van der Waals surface area contributed by atoms with Crippen LogP contribution in [0.4, 0.5) is 11.5 Å². The average Bonchev–Trinajstić information content (AvgIpc) is 3.04. The molecule has 0 aliphatic heterocycles. The summed E-state index contributed by atoms with van der Waals surface area (Å²) in [4.78, 5) is 10.7. The lowest BCUT2D eigenvalue weighted by molar-refractivity contribution is -0.384. The zero-order chi connectivity index (χ0) is 12.6. The van der Waals surface area contributed by atoms with Crippen molar-refractivity contribution in [1.82, 2.24) is 9.78 Å². The maximum absolute atomic E-state index is 11.1. The number of nitrogens with zero attached hydrogens (tertiary/aromatic N) is 3. The molecule has 1 aliphatic carbocycles. The van der Waals surface area contributed by atoms with Crippen LogP contribution in [0, 0.1) is 23.0 Å². The topological polar surface area (TPSA) is 73.0 Å². The Balaban J connectivity index is 2.31. The van der Waals surface area contributed by atoms with Gasteiger partial charge in [-0.1, -0.05) is 0 Å². The van der Waals surface area contributed by atoms with E-state index in [-0.39, 0.29) is 16.7 Å². The van der Waals surface area contributed by atoms with Crippen LogP contribution in [-0.4, -0.2) is 20.7 Å². The maximum atomic E-state index is 11.1. The van der Waals surface area contributed by atoms with Crippen LogP contribution in [0.25, 0.3) is 0 Å². The molecule has 1 aliphatic rings. The van der Waals surface area contributed by atoms with Gasteiger partial charge in [0.2, 0.25) is 5.82 Å². The molecule has 1 N–H and O–H groups in total. The minimum Gasteiger partial charge on any atom is -0.362 e. The Morgan fingerprint density at radius 2 is 2.29 bits per heavy atom. The van der Waals surface area contributed by atoms with E-state index in [9.17, 15) is 10.1 Å². The second-order valence-electron chi connectivity index (χ2n) is 4.63. The molecule has 94 valence electrons. The van der Waals surface area contributed by atoms with Gasteiger partial charge in [-0.25, -0.2) is 4.68 Å². The Morgan fingerprint density at radius 1 is 1.65 bits per heavy atom. The van der Waals surface area contributed by atoms with Gasteiger partial charge in [0, 0.05) is 12.6 Å². The molecule has 1 heterocycles. The molecule has 6 heteroatoms. The molecular formula is C11H18N4O2. The summed E-state index contributed by atoms with van der Waals surface area (Å²) < 4.78 is 1.67. The highest BCUT2D eigenvalue weighted by atomic mass is 16.6. The fourth-order valence-electron chi connectivity index (χ4n) is 2.09. The molecule has 0 radical (unpaired) electrons. The van der Waals surface area contributed by atoms with Crippen LogP contribution in [0.2, 0.25) is 0 Å². The van der Waals surface area contributed by atoms with Crippen molar-refractivity contribution in [2.24, 2.45) is 5.92 Å². The van der Waals surface area contributed by atoms with Crippen LogP contribution >= 0.6 is 0 Å². The van der Waals surface area contributed by atoms with E-state index >= 15 is 0 Å². The van der Waals surface area contributed by atoms with Gasteiger partial charge in [-0.2, -0.15) is 5.10 Å². The second kappa shape index (κ2) is 4.35. The lowest BCUT2D eigenvalue weighted by Gasteiger charge is -2.14. The molecule has 0 amide bonds.